The van der Waals surface area contributed by atoms with E-state index in [4.69, 9.17) is 4.98 Å². The number of hydrogen-bond donors (Lipinski definition) is 0. The van der Waals surface area contributed by atoms with E-state index in [0.29, 0.717) is 12.2 Å². The number of hydrogen-bond acceptors (Lipinski definition) is 4. The van der Waals surface area contributed by atoms with E-state index in [2.05, 4.69) is 11.1 Å². The van der Waals surface area contributed by atoms with Crippen LogP contribution in [0.25, 0.3) is 27.8 Å². The Morgan fingerprint density at radius 1 is 0.853 bits per heavy atom. The van der Waals surface area contributed by atoms with Crippen LogP contribution in [0.2, 0.25) is 0 Å². The molecule has 3 aromatic carbocycles. The highest BCUT2D eigenvalue weighted by molar-refractivity contribution is 7.90. The molecule has 172 valence electrons. The molecule has 7 nitrogen and oxygen atoms in total. The Morgan fingerprint density at radius 2 is 1.47 bits per heavy atom. The van der Waals surface area contributed by atoms with E-state index in [-0.39, 0.29) is 17.1 Å². The van der Waals surface area contributed by atoms with Gasteiger partial charge in [-0.2, -0.15) is 0 Å². The van der Waals surface area contributed by atoms with Crippen molar-refractivity contribution in [2.75, 3.05) is 6.26 Å². The van der Waals surface area contributed by atoms with Gasteiger partial charge in [-0.3, -0.25) is 9.13 Å². The third kappa shape index (κ3) is 3.76. The number of benzene rings is 3. The second kappa shape index (κ2) is 8.14. The fourth-order valence-electron chi connectivity index (χ4n) is 4.32. The average molecular weight is 473 g/mol. The zero-order valence-electron chi connectivity index (χ0n) is 19.0. The van der Waals surface area contributed by atoms with Crippen LogP contribution in [-0.2, 0) is 22.9 Å². The van der Waals surface area contributed by atoms with E-state index in [1.165, 1.54) is 6.26 Å². The van der Waals surface area contributed by atoms with Gasteiger partial charge in [0.25, 0.3) is 0 Å². The molecule has 0 aliphatic rings. The van der Waals surface area contributed by atoms with Crippen LogP contribution in [0.15, 0.2) is 89.1 Å². The van der Waals surface area contributed by atoms with Crippen LogP contribution in [0.4, 0.5) is 0 Å². The molecule has 34 heavy (non-hydrogen) atoms. The van der Waals surface area contributed by atoms with Gasteiger partial charge in [0.05, 0.1) is 33.5 Å². The lowest BCUT2D eigenvalue weighted by atomic mass is 10.2. The quantitative estimate of drug-likeness (QED) is 0.372. The van der Waals surface area contributed by atoms with Crippen LogP contribution in [0.1, 0.15) is 18.3 Å². The summed E-state index contributed by atoms with van der Waals surface area (Å²) in [4.78, 5) is 18.4. The van der Waals surface area contributed by atoms with Crippen molar-refractivity contribution >= 4 is 37.6 Å². The third-order valence-corrected chi connectivity index (χ3v) is 7.07. The molecule has 0 aliphatic carbocycles. The molecule has 0 spiro atoms. The molecule has 0 amide bonds. The summed E-state index contributed by atoms with van der Waals surface area (Å²) in [6, 6.07) is 22.3. The maximum atomic E-state index is 13.3. The molecular formula is C26H24N4O3S. The molecule has 0 aliphatic heterocycles. The number of fused-ring (bicyclic) bond motifs is 2. The normalized spacial score (nSPS) is 11.9. The maximum Gasteiger partial charge on any atom is 0.333 e. The predicted octanol–water partition coefficient (Wildman–Crippen LogP) is 4.14. The van der Waals surface area contributed by atoms with Gasteiger partial charge in [-0.25, -0.2) is 18.2 Å². The van der Waals surface area contributed by atoms with Crippen molar-refractivity contribution in [3.63, 3.8) is 0 Å². The first-order chi connectivity index (χ1) is 16.2. The van der Waals surface area contributed by atoms with Crippen molar-refractivity contribution in [1.82, 2.24) is 18.7 Å². The molecule has 0 bridgehead atoms. The van der Waals surface area contributed by atoms with Crippen LogP contribution in [0.5, 0.6) is 0 Å². The van der Waals surface area contributed by atoms with Crippen LogP contribution in [0.3, 0.4) is 0 Å². The molecule has 5 rings (SSSR count). The van der Waals surface area contributed by atoms with Gasteiger partial charge in [-0.1, -0.05) is 43.0 Å². The van der Waals surface area contributed by atoms with Gasteiger partial charge in [0.2, 0.25) is 0 Å². The summed E-state index contributed by atoms with van der Waals surface area (Å²) in [6.45, 7) is 6.57. The highest BCUT2D eigenvalue weighted by Crippen LogP contribution is 2.22. The van der Waals surface area contributed by atoms with Gasteiger partial charge in [0, 0.05) is 18.5 Å². The van der Waals surface area contributed by atoms with Gasteiger partial charge >= 0.3 is 5.69 Å². The van der Waals surface area contributed by atoms with E-state index in [1.807, 2.05) is 67.6 Å². The number of imidazole rings is 2. The first-order valence-corrected chi connectivity index (χ1v) is 12.7. The lowest BCUT2D eigenvalue weighted by Crippen LogP contribution is -2.25. The topological polar surface area (TPSA) is 78.9 Å². The average Bonchev–Trinajstić information content (AvgIpc) is 3.28. The highest BCUT2D eigenvalue weighted by Gasteiger charge is 2.18. The van der Waals surface area contributed by atoms with Crippen LogP contribution in [-0.4, -0.2) is 33.4 Å². The first kappa shape index (κ1) is 21.9. The number of para-hydroxylation sites is 4. The van der Waals surface area contributed by atoms with Gasteiger partial charge in [0.15, 0.2) is 9.84 Å². The molecule has 0 saturated carbocycles. The largest absolute Gasteiger partial charge is 0.333 e. The van der Waals surface area contributed by atoms with Crippen molar-refractivity contribution in [2.24, 2.45) is 0 Å². The van der Waals surface area contributed by atoms with E-state index >= 15 is 0 Å². The zero-order chi connectivity index (χ0) is 24.0. The molecule has 0 N–H and O–H groups in total. The Balaban J connectivity index is 1.62. The predicted molar refractivity (Wildman–Crippen MR) is 135 cm³/mol. The Hall–Kier alpha value is -3.91. The smallest absolute Gasteiger partial charge is 0.322 e. The number of nitrogens with zero attached hydrogens (tertiary/aromatic N) is 4. The summed E-state index contributed by atoms with van der Waals surface area (Å²) in [5, 5.41) is 0. The minimum atomic E-state index is -3.26. The summed E-state index contributed by atoms with van der Waals surface area (Å²) in [5.74, 6) is 0.736. The Labute approximate surface area is 197 Å². The summed E-state index contributed by atoms with van der Waals surface area (Å²) in [5.41, 5.74) is 4.83. The number of rotatable bonds is 6. The highest BCUT2D eigenvalue weighted by atomic mass is 32.2. The molecule has 0 radical (unpaired) electrons. The first-order valence-electron chi connectivity index (χ1n) is 10.8. The molecule has 0 atom stereocenters. The number of sulfone groups is 1. The van der Waals surface area contributed by atoms with Crippen LogP contribution in [0, 0.1) is 0 Å². The number of aromatic nitrogens is 4. The molecule has 0 saturated heterocycles. The third-order valence-electron chi connectivity index (χ3n) is 5.94. The van der Waals surface area contributed by atoms with E-state index in [9.17, 15) is 13.2 Å². The fourth-order valence-corrected chi connectivity index (χ4v) is 4.95. The lowest BCUT2D eigenvalue weighted by Gasteiger charge is -2.11. The second-order valence-electron chi connectivity index (χ2n) is 8.45. The molecule has 0 unspecified atom stereocenters. The van der Waals surface area contributed by atoms with Crippen molar-refractivity contribution in [1.29, 1.82) is 0 Å². The molecule has 0 fully saturated rings. The van der Waals surface area contributed by atoms with Crippen molar-refractivity contribution in [3.8, 4) is 0 Å². The second-order valence-corrected chi connectivity index (χ2v) is 10.5. The van der Waals surface area contributed by atoms with Crippen molar-refractivity contribution < 1.29 is 8.42 Å². The summed E-state index contributed by atoms with van der Waals surface area (Å²) in [6.07, 6.45) is 1.20. The molecule has 8 heteroatoms. The summed E-state index contributed by atoms with van der Waals surface area (Å²) in [7, 11) is -3.26. The van der Waals surface area contributed by atoms with Crippen molar-refractivity contribution in [2.45, 2.75) is 24.9 Å². The SMILES string of the molecule is C=C(C)n1c(=O)n(Cc2nc3ccccc3n2Cc2ccc(S(C)(=O)=O)cc2)c2ccccc21. The standard InChI is InChI=1S/C26H24N4O3S/c1-18(2)30-24-11-7-6-10-23(24)29(26(30)31)17-25-27-21-8-4-5-9-22(21)28(25)16-19-12-14-20(15-13-19)34(3,32)33/h4-15H,1,16-17H2,2-3H3. The molecule has 2 aromatic heterocycles. The van der Waals surface area contributed by atoms with Crippen molar-refractivity contribution in [3.05, 3.63) is 101 Å². The van der Waals surface area contributed by atoms with E-state index in [1.54, 1.807) is 21.3 Å². The van der Waals surface area contributed by atoms with Gasteiger partial charge < -0.3 is 4.57 Å². The van der Waals surface area contributed by atoms with Gasteiger partial charge in [-0.15, -0.1) is 0 Å². The molecular weight excluding hydrogens is 448 g/mol. The lowest BCUT2D eigenvalue weighted by molar-refractivity contribution is 0.602. The van der Waals surface area contributed by atoms with Gasteiger partial charge in [-0.05, 0) is 48.9 Å². The monoisotopic (exact) mass is 472 g/mol. The van der Waals surface area contributed by atoms with Crippen LogP contribution < -0.4 is 5.69 Å². The number of allylic oxidation sites excluding steroid dienone is 1. The van der Waals surface area contributed by atoms with E-state index in [0.717, 1.165) is 33.5 Å². The Bertz CT molecular complexity index is 1720. The maximum absolute atomic E-state index is 13.3. The Kier molecular flexibility index (Phi) is 5.25. The van der Waals surface area contributed by atoms with Crippen LogP contribution >= 0.6 is 0 Å². The zero-order valence-corrected chi connectivity index (χ0v) is 19.8. The summed E-state index contributed by atoms with van der Waals surface area (Å²) < 4.78 is 29.1. The minimum absolute atomic E-state index is 0.162. The van der Waals surface area contributed by atoms with Gasteiger partial charge in [0.1, 0.15) is 5.82 Å². The Morgan fingerprint density at radius 3 is 2.12 bits per heavy atom. The molecule has 2 heterocycles. The minimum Gasteiger partial charge on any atom is -0.322 e. The molecule has 5 aromatic rings. The van der Waals surface area contributed by atoms with E-state index < -0.39 is 9.84 Å². The summed E-state index contributed by atoms with van der Waals surface area (Å²) >= 11 is 0. The fraction of sp³-hybridized carbons (Fsp3) is 0.154.